The molecule has 24 heteroatoms. The highest BCUT2D eigenvalue weighted by Gasteiger charge is 2.39. The summed E-state index contributed by atoms with van der Waals surface area (Å²) in [6.07, 6.45) is -7.37. The van der Waals surface area contributed by atoms with Crippen molar-refractivity contribution in [1.29, 1.82) is 0 Å². The van der Waals surface area contributed by atoms with Crippen LogP contribution in [0.3, 0.4) is 0 Å². The number of H-pyrrole nitrogens is 1. The molecule has 0 aromatic carbocycles. The number of carbonyl (C=O) groups is 4. The first-order valence-electron chi connectivity index (χ1n) is 13.8. The molecule has 6 N–H and O–H groups in total. The number of aromatic nitrogens is 5. The molecule has 0 saturated heterocycles. The summed E-state index contributed by atoms with van der Waals surface area (Å²) in [4.78, 5) is 60.2. The number of aliphatic carboxylic acids is 3. The van der Waals surface area contributed by atoms with Crippen LogP contribution < -0.4 is 10.6 Å². The minimum Gasteiger partial charge on any atom is -0.475 e. The zero-order chi connectivity index (χ0) is 40.5. The molecule has 1 amide bonds. The van der Waals surface area contributed by atoms with Gasteiger partial charge in [0, 0.05) is 35.3 Å². The van der Waals surface area contributed by atoms with E-state index in [2.05, 4.69) is 30.6 Å². The molecule has 15 nitrogen and oxygen atoms in total. The topological polar surface area (TPSA) is 230 Å². The summed E-state index contributed by atoms with van der Waals surface area (Å²) in [6, 6.07) is 7.54. The number of hydrogen-bond donors (Lipinski definition) is 6. The molecule has 5 heterocycles. The largest absolute Gasteiger partial charge is 0.490 e. The van der Waals surface area contributed by atoms with Gasteiger partial charge in [-0.1, -0.05) is 0 Å². The van der Waals surface area contributed by atoms with Gasteiger partial charge in [0.15, 0.2) is 0 Å². The van der Waals surface area contributed by atoms with Gasteiger partial charge in [-0.05, 0) is 45.0 Å². The number of anilines is 3. The third-order valence-corrected chi connectivity index (χ3v) is 5.55. The van der Waals surface area contributed by atoms with Gasteiger partial charge in [-0.15, -0.1) is 0 Å². The van der Waals surface area contributed by atoms with Crippen LogP contribution in [0.1, 0.15) is 20.8 Å². The van der Waals surface area contributed by atoms with E-state index in [0.29, 0.717) is 22.9 Å². The molecule has 286 valence electrons. The van der Waals surface area contributed by atoms with Crippen molar-refractivity contribution in [2.24, 2.45) is 0 Å². The van der Waals surface area contributed by atoms with Crippen molar-refractivity contribution >= 4 is 41.2 Å². The highest BCUT2D eigenvalue weighted by Crippen LogP contribution is 2.43. The van der Waals surface area contributed by atoms with Gasteiger partial charge < -0.3 is 30.4 Å². The number of halogens is 9. The Labute approximate surface area is 289 Å². The van der Waals surface area contributed by atoms with Crippen LogP contribution in [-0.2, 0) is 19.1 Å². The van der Waals surface area contributed by atoms with Crippen molar-refractivity contribution in [3.05, 3.63) is 55.2 Å². The Bertz CT molecular complexity index is 1820. The fourth-order valence-electron chi connectivity index (χ4n) is 3.54. The lowest BCUT2D eigenvalue weighted by Crippen LogP contribution is -2.27. The summed E-state index contributed by atoms with van der Waals surface area (Å²) in [6.45, 7) is 5.43. The third kappa shape index (κ3) is 13.0. The van der Waals surface area contributed by atoms with Crippen LogP contribution >= 0.6 is 0 Å². The number of carboxylic acids is 3. The average molecular weight is 770 g/mol. The predicted octanol–water partition coefficient (Wildman–Crippen LogP) is 6.90. The number of amides is 1. The molecule has 0 atom stereocenters. The van der Waals surface area contributed by atoms with Crippen LogP contribution in [0.15, 0.2) is 55.2 Å². The fourth-order valence-corrected chi connectivity index (χ4v) is 3.54. The number of rotatable bonds is 2. The van der Waals surface area contributed by atoms with E-state index in [9.17, 15) is 44.3 Å². The van der Waals surface area contributed by atoms with Crippen LogP contribution in [0, 0.1) is 0 Å². The van der Waals surface area contributed by atoms with Gasteiger partial charge in [-0.25, -0.2) is 29.1 Å². The number of imidazole rings is 1. The summed E-state index contributed by atoms with van der Waals surface area (Å²) in [5, 5.41) is 27.5. The van der Waals surface area contributed by atoms with Crippen LogP contribution in [0.25, 0.3) is 33.9 Å². The highest BCUT2D eigenvalue weighted by molar-refractivity contribution is 5.96. The molecule has 0 unspecified atom stereocenters. The Morgan fingerprint density at radius 2 is 1.21 bits per heavy atom. The van der Waals surface area contributed by atoms with E-state index in [1.807, 2.05) is 39.0 Å². The molecule has 4 aromatic rings. The van der Waals surface area contributed by atoms with Crippen molar-refractivity contribution in [3.63, 3.8) is 0 Å². The molecular formula is C29H24F9N7O8. The molecule has 4 aromatic heterocycles. The van der Waals surface area contributed by atoms with Crippen molar-refractivity contribution in [3.8, 4) is 33.9 Å². The maximum Gasteiger partial charge on any atom is 0.490 e. The smallest absolute Gasteiger partial charge is 0.475 e. The first kappa shape index (κ1) is 42.7. The highest BCUT2D eigenvalue weighted by atomic mass is 19.4. The molecule has 0 bridgehead atoms. The van der Waals surface area contributed by atoms with Crippen LogP contribution in [0.4, 0.5) is 61.5 Å². The van der Waals surface area contributed by atoms with E-state index in [0.717, 1.165) is 28.2 Å². The van der Waals surface area contributed by atoms with E-state index in [1.54, 1.807) is 37.1 Å². The van der Waals surface area contributed by atoms with E-state index < -0.39 is 48.1 Å². The first-order chi connectivity index (χ1) is 24.2. The third-order valence-electron chi connectivity index (χ3n) is 5.55. The molecule has 1 aliphatic heterocycles. The second-order valence-corrected chi connectivity index (χ2v) is 10.7. The molecule has 0 radical (unpaired) electrons. The molecule has 5 rings (SSSR count). The second kappa shape index (κ2) is 16.7. The minimum absolute atomic E-state index is 0.491. The van der Waals surface area contributed by atoms with Gasteiger partial charge in [0.1, 0.15) is 22.9 Å². The lowest BCUT2D eigenvalue weighted by Gasteiger charge is -2.20. The Kier molecular flexibility index (Phi) is 13.4. The molecule has 0 spiro atoms. The maximum absolute atomic E-state index is 12.4. The Morgan fingerprint density at radius 1 is 0.717 bits per heavy atom. The Balaban J connectivity index is 0.000000379. The van der Waals surface area contributed by atoms with Crippen molar-refractivity contribution in [1.82, 2.24) is 24.9 Å². The number of pyridine rings is 3. The number of alkyl halides is 9. The fraction of sp³-hybridized carbons (Fsp3) is 0.241. The van der Waals surface area contributed by atoms with Gasteiger partial charge in [-0.3, -0.25) is 15.3 Å². The van der Waals surface area contributed by atoms with Crippen molar-refractivity contribution in [2.45, 2.75) is 44.9 Å². The molecule has 0 saturated carbocycles. The molecule has 1 aliphatic rings. The van der Waals surface area contributed by atoms with E-state index in [4.69, 9.17) is 39.4 Å². The second-order valence-electron chi connectivity index (χ2n) is 10.7. The van der Waals surface area contributed by atoms with Gasteiger partial charge in [0.05, 0.1) is 29.5 Å². The number of nitrogens with zero attached hydrogens (tertiary/aromatic N) is 4. The summed E-state index contributed by atoms with van der Waals surface area (Å²) in [7, 11) is 0. The lowest BCUT2D eigenvalue weighted by molar-refractivity contribution is -0.193. The van der Waals surface area contributed by atoms with Gasteiger partial charge in [0.2, 0.25) is 0 Å². The van der Waals surface area contributed by atoms with Crippen LogP contribution in [0.5, 0.6) is 0 Å². The molecule has 53 heavy (non-hydrogen) atoms. The number of carbonyl (C=O) groups excluding carboxylic acids is 1. The van der Waals surface area contributed by atoms with Crippen LogP contribution in [0.2, 0.25) is 0 Å². The predicted molar refractivity (Wildman–Crippen MR) is 162 cm³/mol. The quantitative estimate of drug-likeness (QED) is 0.101. The molecule has 0 fully saturated rings. The normalized spacial score (nSPS) is 11.7. The lowest BCUT2D eigenvalue weighted by atomic mass is 10.1. The van der Waals surface area contributed by atoms with E-state index in [1.165, 1.54) is 0 Å². The summed E-state index contributed by atoms with van der Waals surface area (Å²) < 4.78 is 101. The Morgan fingerprint density at radius 3 is 1.70 bits per heavy atom. The van der Waals surface area contributed by atoms with Crippen molar-refractivity contribution < 1.29 is 78.7 Å². The zero-order valence-electron chi connectivity index (χ0n) is 26.8. The summed E-state index contributed by atoms with van der Waals surface area (Å²) in [5.41, 5.74) is 4.74. The monoisotopic (exact) mass is 769 g/mol. The first-order valence-corrected chi connectivity index (χ1v) is 13.8. The van der Waals surface area contributed by atoms with E-state index in [-0.39, 0.29) is 0 Å². The molecular weight excluding hydrogens is 745 g/mol. The summed E-state index contributed by atoms with van der Waals surface area (Å²) >= 11 is 0. The van der Waals surface area contributed by atoms with Crippen molar-refractivity contribution in [2.75, 3.05) is 10.6 Å². The van der Waals surface area contributed by atoms with Crippen LogP contribution in [-0.4, -0.2) is 88.4 Å². The van der Waals surface area contributed by atoms with E-state index >= 15 is 0 Å². The number of hydrogen-bond acceptors (Lipinski definition) is 10. The minimum atomic E-state index is -5.08. The zero-order valence-corrected chi connectivity index (χ0v) is 26.8. The number of carboxylic acid groups (broad SMARTS) is 3. The maximum atomic E-state index is 12.4. The SMILES string of the molecule is CC(C)(C)OC(=O)Nc1cnccc1-c1nc2c([nH]1)-c1ccncc1Nc1ncccc1-2.O=C(O)C(F)(F)F.O=C(O)C(F)(F)F.O=C(O)C(F)(F)F. The summed E-state index contributed by atoms with van der Waals surface area (Å²) in [5.74, 6) is -6.99. The average Bonchev–Trinajstić information content (AvgIpc) is 3.40. The number of aromatic amines is 1. The van der Waals surface area contributed by atoms with Gasteiger partial charge in [-0.2, -0.15) is 39.5 Å². The standard InChI is InChI=1S/C23H21N7O2.3C2HF3O2/c1-23(2,3)32-22(31)28-17-12-25-10-7-14(17)21-29-18-13-6-9-24-11-16(13)27-20-15(19(18)30-21)5-4-8-26-20;3*3-2(4,5)1(6)7/h4-12H,1-3H3,(H,26,27)(H,28,31)(H,29,30);3*(H,6,7). The Hall–Kier alpha value is -6.49. The number of fused-ring (bicyclic) bond motifs is 5. The molecule has 0 aliphatic carbocycles. The van der Waals surface area contributed by atoms with Gasteiger partial charge >= 0.3 is 42.5 Å². The number of nitrogens with one attached hydrogen (secondary N) is 3. The van der Waals surface area contributed by atoms with Gasteiger partial charge in [0.25, 0.3) is 0 Å². The number of ether oxygens (including phenoxy) is 1.